The Labute approximate surface area is 176 Å². The second-order valence-electron chi connectivity index (χ2n) is 8.40. The fourth-order valence-electron chi connectivity index (χ4n) is 4.69. The van der Waals surface area contributed by atoms with Crippen molar-refractivity contribution in [3.8, 4) is 0 Å². The van der Waals surface area contributed by atoms with Crippen molar-refractivity contribution in [3.63, 3.8) is 0 Å². The molecule has 1 aromatic carbocycles. The van der Waals surface area contributed by atoms with Gasteiger partial charge in [-0.15, -0.1) is 0 Å². The van der Waals surface area contributed by atoms with Crippen molar-refractivity contribution in [2.75, 3.05) is 0 Å². The van der Waals surface area contributed by atoms with Gasteiger partial charge in [0.15, 0.2) is 17.0 Å². The Bertz CT molecular complexity index is 1430. The maximum atomic E-state index is 14.3. The topological polar surface area (TPSA) is 91.6 Å². The molecule has 0 saturated heterocycles. The van der Waals surface area contributed by atoms with Gasteiger partial charge in [-0.3, -0.25) is 9.36 Å². The third kappa shape index (κ3) is 2.83. The lowest BCUT2D eigenvalue weighted by Crippen LogP contribution is -2.22. The molecule has 1 fully saturated rings. The average Bonchev–Trinajstić information content (AvgIpc) is 3.16. The fourth-order valence-corrected chi connectivity index (χ4v) is 4.69. The van der Waals surface area contributed by atoms with E-state index in [2.05, 4.69) is 26.2 Å². The summed E-state index contributed by atoms with van der Waals surface area (Å²) >= 11 is 0. The summed E-state index contributed by atoms with van der Waals surface area (Å²) in [6.45, 7) is 2.04. The number of aryl methyl sites for hydroxylation is 2. The molecular formula is C22H19FN6O2. The Morgan fingerprint density at radius 3 is 2.87 bits per heavy atom. The smallest absolute Gasteiger partial charge is 0.280 e. The normalized spacial score (nSPS) is 22.0. The van der Waals surface area contributed by atoms with Crippen LogP contribution in [0.1, 0.15) is 35.2 Å². The quantitative estimate of drug-likeness (QED) is 0.506. The van der Waals surface area contributed by atoms with Crippen LogP contribution in [0.3, 0.4) is 0 Å². The molecule has 2 aliphatic carbocycles. The molecule has 0 aliphatic heterocycles. The standard InChI is InChI=1S/C22H19FN6O2/c1-11-3-4-13(16(23)5-11)12-6-14-15(7-12)18(14)20-26-17(31-27-20)8-29-10-25-21-19(22(29)30)28(2)9-24-21/h3-6,9-10,14-15,18H,7-8H2,1-2H3/t14-,15+,18+/m1/s1. The highest BCUT2D eigenvalue weighted by molar-refractivity contribution is 5.71. The zero-order chi connectivity index (χ0) is 21.3. The van der Waals surface area contributed by atoms with Gasteiger partial charge in [0.25, 0.3) is 5.56 Å². The molecule has 0 spiro atoms. The van der Waals surface area contributed by atoms with Crippen molar-refractivity contribution in [1.82, 2.24) is 29.2 Å². The number of nitrogens with zero attached hydrogens (tertiary/aromatic N) is 6. The van der Waals surface area contributed by atoms with Crippen LogP contribution in [0.2, 0.25) is 0 Å². The van der Waals surface area contributed by atoms with E-state index in [0.29, 0.717) is 40.3 Å². The molecule has 9 heteroatoms. The van der Waals surface area contributed by atoms with E-state index >= 15 is 0 Å². The van der Waals surface area contributed by atoms with E-state index in [9.17, 15) is 9.18 Å². The summed E-state index contributed by atoms with van der Waals surface area (Å²) in [6, 6.07) is 5.36. The van der Waals surface area contributed by atoms with Gasteiger partial charge in [-0.25, -0.2) is 14.4 Å². The Morgan fingerprint density at radius 1 is 1.26 bits per heavy atom. The van der Waals surface area contributed by atoms with Gasteiger partial charge in [0.05, 0.1) is 6.33 Å². The van der Waals surface area contributed by atoms with Crippen molar-refractivity contribution in [3.05, 3.63) is 75.9 Å². The molecule has 4 aromatic rings. The van der Waals surface area contributed by atoms with E-state index < -0.39 is 0 Å². The molecular weight excluding hydrogens is 399 g/mol. The van der Waals surface area contributed by atoms with E-state index in [1.165, 1.54) is 10.9 Å². The summed E-state index contributed by atoms with van der Waals surface area (Å²) in [5.41, 5.74) is 3.28. The molecule has 0 bridgehead atoms. The number of imidazole rings is 1. The van der Waals surface area contributed by atoms with E-state index in [1.54, 1.807) is 24.0 Å². The van der Waals surface area contributed by atoms with Gasteiger partial charge in [0.2, 0.25) is 5.89 Å². The first-order valence-electron chi connectivity index (χ1n) is 10.2. The van der Waals surface area contributed by atoms with Crippen molar-refractivity contribution in [1.29, 1.82) is 0 Å². The summed E-state index contributed by atoms with van der Waals surface area (Å²) in [4.78, 5) is 25.5. The van der Waals surface area contributed by atoms with Crippen LogP contribution in [0.5, 0.6) is 0 Å². The highest BCUT2D eigenvalue weighted by Gasteiger charge is 2.55. The second-order valence-corrected chi connectivity index (χ2v) is 8.40. The SMILES string of the molecule is Cc1ccc(C2=C[C@@H]3[C@H](C2)[C@H]3c2noc(Cn3cnc4ncn(C)c4c3=O)n2)c(F)c1. The molecule has 8 nitrogen and oxygen atoms in total. The first-order valence-corrected chi connectivity index (χ1v) is 10.2. The van der Waals surface area contributed by atoms with Gasteiger partial charge in [0.1, 0.15) is 18.7 Å². The van der Waals surface area contributed by atoms with Crippen LogP contribution in [0.15, 0.2) is 46.2 Å². The monoisotopic (exact) mass is 418 g/mol. The fraction of sp³-hybridized carbons (Fsp3) is 0.318. The molecule has 3 atom stereocenters. The lowest BCUT2D eigenvalue weighted by molar-refractivity contribution is 0.364. The summed E-state index contributed by atoms with van der Waals surface area (Å²) in [6.07, 6.45) is 5.95. The van der Waals surface area contributed by atoms with E-state index in [0.717, 1.165) is 17.6 Å². The van der Waals surface area contributed by atoms with Crippen LogP contribution in [-0.4, -0.2) is 29.2 Å². The molecule has 0 unspecified atom stereocenters. The van der Waals surface area contributed by atoms with Crippen LogP contribution in [0.4, 0.5) is 4.39 Å². The first-order chi connectivity index (χ1) is 15.0. The minimum absolute atomic E-state index is 0.150. The molecule has 1 saturated carbocycles. The molecule has 3 heterocycles. The third-order valence-electron chi connectivity index (χ3n) is 6.34. The second kappa shape index (κ2) is 6.44. The summed E-state index contributed by atoms with van der Waals surface area (Å²) in [5.74, 6) is 1.69. The predicted molar refractivity (Wildman–Crippen MR) is 110 cm³/mol. The first kappa shape index (κ1) is 18.2. The predicted octanol–water partition coefficient (Wildman–Crippen LogP) is 2.83. The maximum absolute atomic E-state index is 14.3. The third-order valence-corrected chi connectivity index (χ3v) is 6.34. The minimum Gasteiger partial charge on any atom is -0.337 e. The highest BCUT2D eigenvalue weighted by atomic mass is 19.1. The van der Waals surface area contributed by atoms with Crippen molar-refractivity contribution in [2.45, 2.75) is 25.8 Å². The molecule has 0 N–H and O–H groups in total. The number of allylic oxidation sites excluding steroid dienone is 2. The molecule has 3 aromatic heterocycles. The largest absolute Gasteiger partial charge is 0.337 e. The van der Waals surface area contributed by atoms with E-state index in [1.807, 2.05) is 19.1 Å². The number of aromatic nitrogens is 6. The number of hydrogen-bond donors (Lipinski definition) is 0. The van der Waals surface area contributed by atoms with Crippen LogP contribution >= 0.6 is 0 Å². The Hall–Kier alpha value is -3.62. The Balaban J connectivity index is 1.21. The van der Waals surface area contributed by atoms with E-state index in [4.69, 9.17) is 4.52 Å². The van der Waals surface area contributed by atoms with Gasteiger partial charge in [-0.1, -0.05) is 23.4 Å². The van der Waals surface area contributed by atoms with E-state index in [-0.39, 0.29) is 23.8 Å². The number of benzene rings is 1. The van der Waals surface area contributed by atoms with Gasteiger partial charge < -0.3 is 9.09 Å². The lowest BCUT2D eigenvalue weighted by Gasteiger charge is -2.07. The molecule has 2 aliphatic rings. The zero-order valence-electron chi connectivity index (χ0n) is 17.0. The lowest BCUT2D eigenvalue weighted by atomic mass is 9.99. The van der Waals surface area contributed by atoms with Gasteiger partial charge in [-0.05, 0) is 42.4 Å². The van der Waals surface area contributed by atoms with Crippen molar-refractivity contribution in [2.24, 2.45) is 18.9 Å². The molecule has 6 rings (SSSR count). The van der Waals surface area contributed by atoms with Gasteiger partial charge in [0, 0.05) is 18.5 Å². The summed E-state index contributed by atoms with van der Waals surface area (Å²) in [5, 5.41) is 4.14. The van der Waals surface area contributed by atoms with Crippen LogP contribution in [-0.2, 0) is 13.6 Å². The van der Waals surface area contributed by atoms with Gasteiger partial charge in [-0.2, -0.15) is 4.98 Å². The number of hydrogen-bond acceptors (Lipinski definition) is 6. The zero-order valence-corrected chi connectivity index (χ0v) is 17.0. The Kier molecular flexibility index (Phi) is 3.77. The molecule has 0 amide bonds. The average molecular weight is 418 g/mol. The molecule has 156 valence electrons. The minimum atomic E-state index is -0.208. The molecule has 31 heavy (non-hydrogen) atoms. The number of halogens is 1. The van der Waals surface area contributed by atoms with Crippen LogP contribution in [0.25, 0.3) is 16.7 Å². The highest BCUT2D eigenvalue weighted by Crippen LogP contribution is 2.62. The number of fused-ring (bicyclic) bond motifs is 2. The van der Waals surface area contributed by atoms with Gasteiger partial charge >= 0.3 is 0 Å². The number of rotatable bonds is 4. The maximum Gasteiger partial charge on any atom is 0.280 e. The van der Waals surface area contributed by atoms with Crippen LogP contribution < -0.4 is 5.56 Å². The Morgan fingerprint density at radius 2 is 2.10 bits per heavy atom. The molecule has 0 radical (unpaired) electrons. The van der Waals surface area contributed by atoms with Crippen LogP contribution in [0, 0.1) is 24.6 Å². The van der Waals surface area contributed by atoms with Crippen molar-refractivity contribution < 1.29 is 8.91 Å². The summed E-state index contributed by atoms with van der Waals surface area (Å²) < 4.78 is 22.8. The summed E-state index contributed by atoms with van der Waals surface area (Å²) in [7, 11) is 1.75. The van der Waals surface area contributed by atoms with Crippen molar-refractivity contribution >= 4 is 16.7 Å².